The largest absolute Gasteiger partial charge is 0.442 e. The van der Waals surface area contributed by atoms with E-state index < -0.39 is 17.4 Å². The van der Waals surface area contributed by atoms with Gasteiger partial charge >= 0.3 is 5.76 Å². The molecule has 3 rings (SSSR count). The number of nitrogens with zero attached hydrogens (tertiary/aromatic N) is 2. The summed E-state index contributed by atoms with van der Waals surface area (Å²) in [4.78, 5) is 24.6. The minimum atomic E-state index is -2.51. The van der Waals surface area contributed by atoms with Gasteiger partial charge in [0, 0.05) is 16.1 Å². The van der Waals surface area contributed by atoms with Gasteiger partial charge in [0.25, 0.3) is 5.76 Å². The summed E-state index contributed by atoms with van der Waals surface area (Å²) in [7, 11) is 0. The highest BCUT2D eigenvalue weighted by Crippen LogP contribution is 2.26. The normalized spacial score (nSPS) is 11.0. The number of hydrogen-bond donors (Lipinski definition) is 1. The van der Waals surface area contributed by atoms with E-state index in [1.807, 2.05) is 19.1 Å². The van der Waals surface area contributed by atoms with Gasteiger partial charge in [-0.05, 0) is 36.8 Å². The molecule has 1 heterocycles. The summed E-state index contributed by atoms with van der Waals surface area (Å²) in [6.07, 6.45) is 0. The number of anilines is 1. The molecule has 3 aromatic rings. The van der Waals surface area contributed by atoms with E-state index in [1.54, 1.807) is 12.1 Å². The van der Waals surface area contributed by atoms with Crippen LogP contribution in [0.15, 0.2) is 62.7 Å². The minimum absolute atomic E-state index is 0.261. The van der Waals surface area contributed by atoms with E-state index in [9.17, 15) is 18.4 Å². The monoisotopic (exact) mass is 391 g/mol. The van der Waals surface area contributed by atoms with Gasteiger partial charge in [0.1, 0.15) is 6.54 Å². The zero-order valence-electron chi connectivity index (χ0n) is 14.2. The van der Waals surface area contributed by atoms with Crippen molar-refractivity contribution in [3.05, 3.63) is 64.6 Å². The number of carbonyl (C=O) groups excluding carboxylic acids is 1. The number of aryl methyl sites for hydroxylation is 1. The lowest BCUT2D eigenvalue weighted by Crippen LogP contribution is -2.25. The van der Waals surface area contributed by atoms with Gasteiger partial charge in [-0.25, -0.2) is 9.36 Å². The standard InChI is InChI=1S/C18H15F2N3O3S/c1-11-4-2-3-5-14(11)16-22-26-18(25)23(16)10-15(24)21-12-6-8-13(9-7-12)27-17(19)20/h2-9,17H,10H2,1H3,(H,21,24). The van der Waals surface area contributed by atoms with Crippen LogP contribution >= 0.6 is 11.8 Å². The van der Waals surface area contributed by atoms with E-state index >= 15 is 0 Å². The van der Waals surface area contributed by atoms with E-state index in [4.69, 9.17) is 4.52 Å². The van der Waals surface area contributed by atoms with E-state index in [0.29, 0.717) is 27.9 Å². The van der Waals surface area contributed by atoms with Gasteiger partial charge in [-0.2, -0.15) is 8.78 Å². The zero-order chi connectivity index (χ0) is 19.4. The molecule has 0 aliphatic heterocycles. The first-order valence-corrected chi connectivity index (χ1v) is 8.79. The van der Waals surface area contributed by atoms with Gasteiger partial charge in [0.05, 0.1) is 0 Å². The first-order valence-electron chi connectivity index (χ1n) is 7.91. The number of aromatic nitrogens is 2. The molecule has 0 radical (unpaired) electrons. The fourth-order valence-electron chi connectivity index (χ4n) is 2.49. The third-order valence-corrected chi connectivity index (χ3v) is 4.46. The molecular formula is C18H15F2N3O3S. The quantitative estimate of drug-likeness (QED) is 0.648. The summed E-state index contributed by atoms with van der Waals surface area (Å²) in [5.74, 6) is -3.46. The Morgan fingerprint density at radius 3 is 2.59 bits per heavy atom. The molecule has 0 aliphatic carbocycles. The molecule has 1 N–H and O–H groups in total. The Kier molecular flexibility index (Phi) is 5.70. The molecule has 0 atom stereocenters. The average molecular weight is 391 g/mol. The second-order valence-corrected chi connectivity index (χ2v) is 6.69. The third kappa shape index (κ3) is 4.62. The van der Waals surface area contributed by atoms with Crippen LogP contribution in [0.5, 0.6) is 0 Å². The van der Waals surface area contributed by atoms with E-state index in [-0.39, 0.29) is 12.4 Å². The molecular weight excluding hydrogens is 376 g/mol. The zero-order valence-corrected chi connectivity index (χ0v) is 15.0. The van der Waals surface area contributed by atoms with Crippen molar-refractivity contribution in [2.24, 2.45) is 0 Å². The van der Waals surface area contributed by atoms with Crippen molar-refractivity contribution >= 4 is 23.4 Å². The Bertz CT molecular complexity index is 1000. The summed E-state index contributed by atoms with van der Waals surface area (Å²) >= 11 is 0.421. The molecule has 0 aliphatic rings. The SMILES string of the molecule is Cc1ccccc1-c1noc(=O)n1CC(=O)Nc1ccc(SC(F)F)cc1. The van der Waals surface area contributed by atoms with Crippen LogP contribution < -0.4 is 11.1 Å². The highest BCUT2D eigenvalue weighted by Gasteiger charge is 2.17. The smallest absolute Gasteiger partial charge is 0.325 e. The lowest BCUT2D eigenvalue weighted by Gasteiger charge is -2.08. The van der Waals surface area contributed by atoms with Gasteiger partial charge in [-0.15, -0.1) is 0 Å². The maximum atomic E-state index is 12.3. The van der Waals surface area contributed by atoms with E-state index in [0.717, 1.165) is 10.1 Å². The molecule has 0 saturated heterocycles. The number of thioether (sulfide) groups is 1. The van der Waals surface area contributed by atoms with Crippen LogP contribution in [0.1, 0.15) is 5.56 Å². The Labute approximate surface area is 157 Å². The maximum absolute atomic E-state index is 12.3. The summed E-state index contributed by atoms with van der Waals surface area (Å²) in [6, 6.07) is 13.3. The number of hydrogen-bond acceptors (Lipinski definition) is 5. The van der Waals surface area contributed by atoms with Gasteiger partial charge < -0.3 is 5.32 Å². The van der Waals surface area contributed by atoms with Gasteiger partial charge in [-0.3, -0.25) is 9.32 Å². The van der Waals surface area contributed by atoms with Crippen LogP contribution in [0.25, 0.3) is 11.4 Å². The molecule has 140 valence electrons. The molecule has 6 nitrogen and oxygen atoms in total. The Hall–Kier alpha value is -2.94. The summed E-state index contributed by atoms with van der Waals surface area (Å²) in [5, 5.41) is 6.38. The summed E-state index contributed by atoms with van der Waals surface area (Å²) in [6.45, 7) is 1.57. The molecule has 9 heteroatoms. The molecule has 0 unspecified atom stereocenters. The number of nitrogens with one attached hydrogen (secondary N) is 1. The number of alkyl halides is 2. The highest BCUT2D eigenvalue weighted by atomic mass is 32.2. The molecule has 27 heavy (non-hydrogen) atoms. The van der Waals surface area contributed by atoms with Crippen LogP contribution in [0.2, 0.25) is 0 Å². The van der Waals surface area contributed by atoms with Crippen molar-refractivity contribution in [1.82, 2.24) is 9.72 Å². The van der Waals surface area contributed by atoms with Crippen LogP contribution in [0, 0.1) is 6.92 Å². The molecule has 2 aromatic carbocycles. The van der Waals surface area contributed by atoms with Crippen molar-refractivity contribution in [2.75, 3.05) is 5.32 Å². The van der Waals surface area contributed by atoms with Crippen molar-refractivity contribution < 1.29 is 18.1 Å². The van der Waals surface area contributed by atoms with E-state index in [1.165, 1.54) is 24.3 Å². The van der Waals surface area contributed by atoms with Gasteiger partial charge in [0.2, 0.25) is 5.91 Å². The molecule has 1 aromatic heterocycles. The third-order valence-electron chi connectivity index (χ3n) is 3.74. The summed E-state index contributed by atoms with van der Waals surface area (Å²) in [5.41, 5.74) is 2.00. The van der Waals surface area contributed by atoms with Crippen LogP contribution in [-0.4, -0.2) is 21.4 Å². The Morgan fingerprint density at radius 1 is 1.22 bits per heavy atom. The lowest BCUT2D eigenvalue weighted by atomic mass is 10.1. The first-order chi connectivity index (χ1) is 12.9. The predicted octanol–water partition coefficient (Wildman–Crippen LogP) is 3.77. The van der Waals surface area contributed by atoms with Gasteiger partial charge in [0.15, 0.2) is 5.82 Å². The molecule has 0 fully saturated rings. The fourth-order valence-corrected chi connectivity index (χ4v) is 2.99. The number of amides is 1. The Morgan fingerprint density at radius 2 is 1.93 bits per heavy atom. The van der Waals surface area contributed by atoms with Crippen molar-refractivity contribution in [2.45, 2.75) is 24.1 Å². The second kappa shape index (κ2) is 8.17. The fraction of sp³-hybridized carbons (Fsp3) is 0.167. The van der Waals surface area contributed by atoms with Crippen molar-refractivity contribution in [1.29, 1.82) is 0 Å². The Balaban J connectivity index is 1.74. The summed E-state index contributed by atoms with van der Waals surface area (Å²) < 4.78 is 30.5. The maximum Gasteiger partial charge on any atom is 0.442 e. The molecule has 0 spiro atoms. The molecule has 0 bridgehead atoms. The van der Waals surface area contributed by atoms with Crippen molar-refractivity contribution in [3.63, 3.8) is 0 Å². The van der Waals surface area contributed by atoms with E-state index in [2.05, 4.69) is 10.5 Å². The minimum Gasteiger partial charge on any atom is -0.325 e. The van der Waals surface area contributed by atoms with Crippen LogP contribution in [0.3, 0.4) is 0 Å². The highest BCUT2D eigenvalue weighted by molar-refractivity contribution is 7.99. The number of carbonyl (C=O) groups is 1. The first kappa shape index (κ1) is 18.8. The molecule has 1 amide bonds. The topological polar surface area (TPSA) is 77.1 Å². The van der Waals surface area contributed by atoms with Crippen LogP contribution in [0.4, 0.5) is 14.5 Å². The van der Waals surface area contributed by atoms with Gasteiger partial charge in [-0.1, -0.05) is 41.2 Å². The average Bonchev–Trinajstić information content (AvgIpc) is 2.97. The van der Waals surface area contributed by atoms with Crippen molar-refractivity contribution in [3.8, 4) is 11.4 Å². The lowest BCUT2D eigenvalue weighted by molar-refractivity contribution is -0.116. The number of rotatable bonds is 6. The molecule has 0 saturated carbocycles. The predicted molar refractivity (Wildman–Crippen MR) is 97.9 cm³/mol. The second-order valence-electron chi connectivity index (χ2n) is 5.62. The number of halogens is 2. The van der Waals surface area contributed by atoms with Crippen LogP contribution in [-0.2, 0) is 11.3 Å². The number of benzene rings is 2.